The molecule has 1 heterocycles. The highest BCUT2D eigenvalue weighted by Gasteiger charge is 2.30. The van der Waals surface area contributed by atoms with Crippen molar-refractivity contribution in [3.63, 3.8) is 0 Å². The SMILES string of the molecule is CCC(NS(C)(=O)=O)c1c(CCOc2ccc(C(=O)OC)cc2)c2cc(Cl)ccc2n1C(c1ccccc1)c1ccccc1.c1cc2cc-2c1. The fourth-order valence-corrected chi connectivity index (χ4v) is 7.36. The van der Waals surface area contributed by atoms with Gasteiger partial charge in [-0.2, -0.15) is 0 Å². The molecule has 0 spiro atoms. The molecule has 0 bridgehead atoms. The summed E-state index contributed by atoms with van der Waals surface area (Å²) in [5.74, 6) is 0.190. The third kappa shape index (κ3) is 8.11. The number of nitrogens with zero attached hydrogens (tertiary/aromatic N) is 1. The first-order chi connectivity index (χ1) is 24.2. The quantitative estimate of drug-likeness (QED) is 0.128. The van der Waals surface area contributed by atoms with Crippen LogP contribution in [-0.2, 0) is 21.2 Å². The lowest BCUT2D eigenvalue weighted by molar-refractivity contribution is 0.0600. The molecule has 4 aromatic carbocycles. The van der Waals surface area contributed by atoms with Crippen LogP contribution in [0.5, 0.6) is 5.75 Å². The summed E-state index contributed by atoms with van der Waals surface area (Å²) in [6.07, 6.45) is 2.19. The van der Waals surface area contributed by atoms with E-state index in [1.165, 1.54) is 24.5 Å². The van der Waals surface area contributed by atoms with Crippen molar-refractivity contribution in [2.45, 2.75) is 31.8 Å². The Labute approximate surface area is 298 Å². The molecule has 7 rings (SSSR count). The van der Waals surface area contributed by atoms with Gasteiger partial charge < -0.3 is 14.0 Å². The number of nitrogens with one attached hydrogen (secondary N) is 1. The molecule has 1 unspecified atom stereocenters. The zero-order valence-electron chi connectivity index (χ0n) is 28.2. The van der Waals surface area contributed by atoms with Crippen LogP contribution in [0.1, 0.15) is 58.2 Å². The lowest BCUT2D eigenvalue weighted by Gasteiger charge is -2.28. The Bertz CT molecular complexity index is 2150. The van der Waals surface area contributed by atoms with E-state index in [1.54, 1.807) is 24.3 Å². The van der Waals surface area contributed by atoms with E-state index in [-0.39, 0.29) is 6.04 Å². The highest BCUT2D eigenvalue weighted by atomic mass is 35.5. The molecule has 7 nitrogen and oxygen atoms in total. The minimum atomic E-state index is -3.55. The van der Waals surface area contributed by atoms with Crippen LogP contribution in [0.15, 0.2) is 127 Å². The molecule has 0 radical (unpaired) electrons. The zero-order valence-corrected chi connectivity index (χ0v) is 29.7. The second-order valence-corrected chi connectivity index (χ2v) is 14.4. The van der Waals surface area contributed by atoms with Gasteiger partial charge in [-0.05, 0) is 82.8 Å². The average molecular weight is 707 g/mol. The molecule has 2 aliphatic rings. The van der Waals surface area contributed by atoms with Crippen LogP contribution in [0.4, 0.5) is 0 Å². The highest BCUT2D eigenvalue weighted by Crippen LogP contribution is 2.40. The van der Waals surface area contributed by atoms with E-state index in [1.807, 2.05) is 61.5 Å². The molecule has 0 fully saturated rings. The fraction of sp³-hybridized carbons (Fsp3) is 0.195. The first-order valence-corrected chi connectivity index (χ1v) is 18.7. The Hall–Kier alpha value is -4.89. The van der Waals surface area contributed by atoms with Gasteiger partial charge in [-0.3, -0.25) is 0 Å². The minimum absolute atomic E-state index is 0.244. The number of hydrogen-bond acceptors (Lipinski definition) is 5. The van der Waals surface area contributed by atoms with Crippen LogP contribution >= 0.6 is 11.6 Å². The maximum absolute atomic E-state index is 12.7. The predicted molar refractivity (Wildman–Crippen MR) is 201 cm³/mol. The van der Waals surface area contributed by atoms with Crippen molar-refractivity contribution in [2.24, 2.45) is 0 Å². The van der Waals surface area contributed by atoms with Crippen molar-refractivity contribution in [3.8, 4) is 16.9 Å². The predicted octanol–water partition coefficient (Wildman–Crippen LogP) is 9.01. The number of aromatic nitrogens is 1. The number of hydrogen-bond donors (Lipinski definition) is 1. The van der Waals surface area contributed by atoms with E-state index in [0.29, 0.717) is 35.8 Å². The Morgan fingerprint density at radius 2 is 1.44 bits per heavy atom. The molecular weight excluding hydrogens is 668 g/mol. The monoisotopic (exact) mass is 706 g/mol. The minimum Gasteiger partial charge on any atom is -0.493 e. The number of methoxy groups -OCH3 is 1. The van der Waals surface area contributed by atoms with Gasteiger partial charge in [-0.1, -0.05) is 97.4 Å². The summed E-state index contributed by atoms with van der Waals surface area (Å²) in [5, 5.41) is 1.52. The molecule has 0 amide bonds. The molecule has 5 aromatic rings. The van der Waals surface area contributed by atoms with E-state index in [4.69, 9.17) is 21.1 Å². The number of halogens is 1. The van der Waals surface area contributed by atoms with E-state index < -0.39 is 22.0 Å². The van der Waals surface area contributed by atoms with Gasteiger partial charge >= 0.3 is 5.97 Å². The summed E-state index contributed by atoms with van der Waals surface area (Å²) < 4.78 is 41.4. The van der Waals surface area contributed by atoms with Gasteiger partial charge in [0.1, 0.15) is 5.75 Å². The second kappa shape index (κ2) is 15.3. The van der Waals surface area contributed by atoms with Gasteiger partial charge in [0.2, 0.25) is 10.0 Å². The third-order valence-corrected chi connectivity index (χ3v) is 9.65. The van der Waals surface area contributed by atoms with E-state index in [2.05, 4.69) is 57.8 Å². The number of rotatable bonds is 12. The Balaban J connectivity index is 0.000000641. The normalized spacial score (nSPS) is 12.3. The van der Waals surface area contributed by atoms with Gasteiger partial charge in [0.25, 0.3) is 0 Å². The highest BCUT2D eigenvalue weighted by molar-refractivity contribution is 7.88. The first kappa shape index (κ1) is 35.0. The number of fused-ring (bicyclic) bond motifs is 2. The molecule has 1 atom stereocenters. The number of carbonyl (C=O) groups excluding carboxylic acids is 1. The summed E-state index contributed by atoms with van der Waals surface area (Å²) in [5.41, 5.74) is 8.17. The van der Waals surface area contributed by atoms with Crippen LogP contribution in [0, 0.1) is 0 Å². The summed E-state index contributed by atoms with van der Waals surface area (Å²) in [4.78, 5) is 11.8. The standard InChI is InChI=1S/C35H35ClN2O5S.C6H4/c1-4-31(37-44(3,40)41)34-29(21-22-43-28-18-15-26(16-19-28)35(39)42-2)30-23-27(36)17-20-32(30)38(34)33(24-11-7-5-8-12-24)25-13-9-6-10-14-25;1-2-5-4-6(5)3-1/h5-20,23,31,33,37H,4,21-22H2,1-3H3;1-4H. The van der Waals surface area contributed by atoms with Crippen molar-refractivity contribution in [1.29, 1.82) is 0 Å². The van der Waals surface area contributed by atoms with Crippen molar-refractivity contribution in [1.82, 2.24) is 9.29 Å². The lowest BCUT2D eigenvalue weighted by Crippen LogP contribution is -2.30. The van der Waals surface area contributed by atoms with Crippen molar-refractivity contribution < 1.29 is 22.7 Å². The molecule has 1 aromatic heterocycles. The average Bonchev–Trinajstić information content (AvgIpc) is 3.60. The molecule has 0 aliphatic heterocycles. The molecule has 9 heteroatoms. The molecule has 50 heavy (non-hydrogen) atoms. The van der Waals surface area contributed by atoms with Crippen LogP contribution < -0.4 is 9.46 Å². The van der Waals surface area contributed by atoms with Gasteiger partial charge in [0, 0.05) is 28.0 Å². The smallest absolute Gasteiger partial charge is 0.337 e. The van der Waals surface area contributed by atoms with Crippen molar-refractivity contribution in [3.05, 3.63) is 160 Å². The van der Waals surface area contributed by atoms with Crippen LogP contribution in [-0.4, -0.2) is 38.9 Å². The van der Waals surface area contributed by atoms with E-state index in [9.17, 15) is 13.2 Å². The Kier molecular flexibility index (Phi) is 10.7. The summed E-state index contributed by atoms with van der Waals surface area (Å²) in [7, 11) is -2.21. The van der Waals surface area contributed by atoms with Gasteiger partial charge in [-0.15, -0.1) is 0 Å². The number of esters is 1. The second-order valence-electron chi connectivity index (χ2n) is 12.2. The summed E-state index contributed by atoms with van der Waals surface area (Å²) in [6.45, 7) is 2.29. The molecule has 0 saturated heterocycles. The van der Waals surface area contributed by atoms with Crippen LogP contribution in [0.2, 0.25) is 5.02 Å². The Morgan fingerprint density at radius 1 is 0.820 bits per heavy atom. The third-order valence-electron chi connectivity index (χ3n) is 8.70. The summed E-state index contributed by atoms with van der Waals surface area (Å²) >= 11 is 6.58. The van der Waals surface area contributed by atoms with Crippen LogP contribution in [0.3, 0.4) is 0 Å². The number of carbonyl (C=O) groups is 1. The van der Waals surface area contributed by atoms with Crippen LogP contribution in [0.25, 0.3) is 22.0 Å². The maximum atomic E-state index is 12.7. The maximum Gasteiger partial charge on any atom is 0.337 e. The fourth-order valence-electron chi connectivity index (χ4n) is 6.40. The number of sulfonamides is 1. The molecular formula is C41H39ClN2O5S. The largest absolute Gasteiger partial charge is 0.493 e. The molecule has 0 saturated carbocycles. The molecule has 2 aliphatic carbocycles. The van der Waals surface area contributed by atoms with E-state index >= 15 is 0 Å². The first-order valence-electron chi connectivity index (χ1n) is 16.5. The zero-order chi connectivity index (χ0) is 35.3. The molecule has 256 valence electrons. The number of benzene rings is 5. The van der Waals surface area contributed by atoms with Crippen molar-refractivity contribution >= 4 is 38.5 Å². The van der Waals surface area contributed by atoms with E-state index in [0.717, 1.165) is 33.3 Å². The van der Waals surface area contributed by atoms with Gasteiger partial charge in [0.05, 0.1) is 37.6 Å². The lowest BCUT2D eigenvalue weighted by atomic mass is 9.96. The summed E-state index contributed by atoms with van der Waals surface area (Å²) in [6, 6.07) is 40.7. The molecule has 1 N–H and O–H groups in total. The van der Waals surface area contributed by atoms with Gasteiger partial charge in [-0.25, -0.2) is 17.9 Å². The van der Waals surface area contributed by atoms with Gasteiger partial charge in [0.15, 0.2) is 0 Å². The van der Waals surface area contributed by atoms with Crippen molar-refractivity contribution in [2.75, 3.05) is 20.0 Å². The number of ether oxygens (including phenoxy) is 2. The topological polar surface area (TPSA) is 86.6 Å². The Morgan fingerprint density at radius 3 is 1.94 bits per heavy atom.